The molecule has 27 heavy (non-hydrogen) atoms. The third-order valence-electron chi connectivity index (χ3n) is 3.93. The lowest BCUT2D eigenvalue weighted by Gasteiger charge is -2.18. The number of carbonyl (C=O) groups is 1. The minimum Gasteiger partial charge on any atom is -0.497 e. The topological polar surface area (TPSA) is 64.3 Å². The summed E-state index contributed by atoms with van der Waals surface area (Å²) in [4.78, 5) is 18.7. The van der Waals surface area contributed by atoms with Gasteiger partial charge in [0.1, 0.15) is 23.0 Å². The van der Waals surface area contributed by atoms with E-state index >= 15 is 0 Å². The van der Waals surface area contributed by atoms with Crippen molar-refractivity contribution in [1.29, 1.82) is 0 Å². The molecule has 0 aliphatic carbocycles. The van der Waals surface area contributed by atoms with Crippen molar-refractivity contribution in [2.75, 3.05) is 12.0 Å². The van der Waals surface area contributed by atoms with Gasteiger partial charge in [0.2, 0.25) is 0 Å². The van der Waals surface area contributed by atoms with Gasteiger partial charge in [0, 0.05) is 6.08 Å². The molecule has 0 bridgehead atoms. The molecule has 0 unspecified atom stereocenters. The van der Waals surface area contributed by atoms with E-state index in [1.54, 1.807) is 55.8 Å². The lowest BCUT2D eigenvalue weighted by Crippen LogP contribution is -2.35. The smallest absolute Gasteiger partial charge is 0.310 e. The maximum absolute atomic E-state index is 12.9. The zero-order chi connectivity index (χ0) is 18.6. The van der Waals surface area contributed by atoms with Crippen molar-refractivity contribution in [3.63, 3.8) is 0 Å². The van der Waals surface area contributed by atoms with Crippen LogP contribution < -0.4 is 14.4 Å². The van der Waals surface area contributed by atoms with E-state index in [4.69, 9.17) is 13.9 Å². The first kappa shape index (κ1) is 16.7. The van der Waals surface area contributed by atoms with Gasteiger partial charge in [0.15, 0.2) is 0 Å². The van der Waals surface area contributed by atoms with Gasteiger partial charge in [-0.1, -0.05) is 18.2 Å². The number of hydrogen-bond donors (Lipinski definition) is 0. The first-order chi connectivity index (χ1) is 13.2. The molecule has 0 radical (unpaired) electrons. The monoisotopic (exact) mass is 360 g/mol. The van der Waals surface area contributed by atoms with Gasteiger partial charge in [-0.05, 0) is 48.5 Å². The lowest BCUT2D eigenvalue weighted by atomic mass is 10.2. The minimum atomic E-state index is -0.291. The lowest BCUT2D eigenvalue weighted by molar-refractivity contribution is -0.113. The van der Waals surface area contributed by atoms with E-state index in [2.05, 4.69) is 4.99 Å². The van der Waals surface area contributed by atoms with Crippen LogP contribution in [0.2, 0.25) is 0 Å². The quantitative estimate of drug-likeness (QED) is 0.657. The fourth-order valence-electron chi connectivity index (χ4n) is 2.63. The molecule has 2 heterocycles. The second kappa shape index (κ2) is 7.21. The summed E-state index contributed by atoms with van der Waals surface area (Å²) in [7, 11) is 1.60. The Balaban J connectivity index is 1.70. The fourth-order valence-corrected chi connectivity index (χ4v) is 2.63. The highest BCUT2D eigenvalue weighted by Gasteiger charge is 2.33. The Morgan fingerprint density at radius 3 is 2.37 bits per heavy atom. The number of amidine groups is 1. The Morgan fingerprint density at radius 1 is 0.963 bits per heavy atom. The Kier molecular flexibility index (Phi) is 4.45. The molecule has 1 aliphatic heterocycles. The number of rotatable bonds is 4. The van der Waals surface area contributed by atoms with Gasteiger partial charge in [-0.2, -0.15) is 4.99 Å². The van der Waals surface area contributed by atoms with Gasteiger partial charge in [-0.3, -0.25) is 4.79 Å². The average molecular weight is 360 g/mol. The highest BCUT2D eigenvalue weighted by atomic mass is 16.5. The summed E-state index contributed by atoms with van der Waals surface area (Å²) in [5.41, 5.74) is 0.898. The molecule has 6 nitrogen and oxygen atoms in total. The van der Waals surface area contributed by atoms with Crippen LogP contribution in [0.4, 0.5) is 5.69 Å². The summed E-state index contributed by atoms with van der Waals surface area (Å²) >= 11 is 0. The van der Waals surface area contributed by atoms with Crippen LogP contribution >= 0.6 is 0 Å². The number of para-hydroxylation sites is 1. The van der Waals surface area contributed by atoms with Crippen molar-refractivity contribution >= 4 is 23.7 Å². The van der Waals surface area contributed by atoms with E-state index in [9.17, 15) is 4.79 Å². The Labute approximate surface area is 156 Å². The van der Waals surface area contributed by atoms with Crippen LogP contribution in [0.1, 0.15) is 5.76 Å². The first-order valence-corrected chi connectivity index (χ1v) is 8.30. The van der Waals surface area contributed by atoms with Gasteiger partial charge in [-0.15, -0.1) is 0 Å². The Morgan fingerprint density at radius 2 is 1.70 bits per heavy atom. The van der Waals surface area contributed by atoms with Crippen LogP contribution in [0.5, 0.6) is 11.5 Å². The van der Waals surface area contributed by atoms with Crippen molar-refractivity contribution in [1.82, 2.24) is 0 Å². The van der Waals surface area contributed by atoms with Crippen molar-refractivity contribution in [2.24, 2.45) is 4.99 Å². The van der Waals surface area contributed by atoms with Crippen LogP contribution in [0.25, 0.3) is 6.08 Å². The van der Waals surface area contributed by atoms with Crippen LogP contribution in [0.3, 0.4) is 0 Å². The van der Waals surface area contributed by atoms with Crippen LogP contribution in [-0.4, -0.2) is 19.0 Å². The van der Waals surface area contributed by atoms with Crippen molar-refractivity contribution in [3.05, 3.63) is 84.5 Å². The number of carbonyl (C=O) groups excluding carboxylic acids is 1. The standard InChI is InChI=1S/C21H16N2O4/c1-25-16-9-11-17(12-10-16)27-21-22-19(14-18-8-5-13-26-18)20(24)23(21)15-6-3-2-4-7-15/h2-14H,1H3/b19-14+. The van der Waals surface area contributed by atoms with Gasteiger partial charge < -0.3 is 13.9 Å². The number of amides is 1. The van der Waals surface area contributed by atoms with Crippen LogP contribution in [0.15, 0.2) is 88.1 Å². The molecular weight excluding hydrogens is 344 g/mol. The number of hydrogen-bond acceptors (Lipinski definition) is 5. The molecule has 1 aliphatic rings. The summed E-state index contributed by atoms with van der Waals surface area (Å²) in [6.07, 6.45) is 3.13. The number of aliphatic imine (C=N–C) groups is 1. The summed E-state index contributed by atoms with van der Waals surface area (Å²) in [5.74, 6) is 1.51. The molecule has 4 rings (SSSR count). The van der Waals surface area contributed by atoms with E-state index in [1.165, 1.54) is 4.90 Å². The van der Waals surface area contributed by atoms with Crippen molar-refractivity contribution in [3.8, 4) is 11.5 Å². The Hall–Kier alpha value is -3.80. The SMILES string of the molecule is COc1ccc(OC2=N/C(=C/c3ccco3)C(=O)N2c2ccccc2)cc1. The molecule has 6 heteroatoms. The zero-order valence-electron chi connectivity index (χ0n) is 14.5. The summed E-state index contributed by atoms with van der Waals surface area (Å²) in [5, 5.41) is 0. The maximum atomic E-state index is 12.9. The summed E-state index contributed by atoms with van der Waals surface area (Å²) in [6, 6.07) is 20.0. The molecule has 0 spiro atoms. The average Bonchev–Trinajstić information content (AvgIpc) is 3.32. The number of methoxy groups -OCH3 is 1. The highest BCUT2D eigenvalue weighted by molar-refractivity contribution is 6.26. The van der Waals surface area contributed by atoms with Gasteiger partial charge >= 0.3 is 6.02 Å². The number of furan rings is 1. The zero-order valence-corrected chi connectivity index (χ0v) is 14.5. The van der Waals surface area contributed by atoms with E-state index in [-0.39, 0.29) is 17.6 Å². The maximum Gasteiger partial charge on any atom is 0.310 e. The molecule has 0 fully saturated rings. The van der Waals surface area contributed by atoms with Gasteiger partial charge in [-0.25, -0.2) is 4.90 Å². The minimum absolute atomic E-state index is 0.175. The van der Waals surface area contributed by atoms with Crippen molar-refractivity contribution in [2.45, 2.75) is 0 Å². The number of anilines is 1. The fraction of sp³-hybridized carbons (Fsp3) is 0.0476. The predicted molar refractivity (Wildman–Crippen MR) is 102 cm³/mol. The molecular formula is C21H16N2O4. The van der Waals surface area contributed by atoms with Crippen LogP contribution in [0, 0.1) is 0 Å². The molecule has 3 aromatic rings. The molecule has 1 amide bonds. The molecule has 0 saturated carbocycles. The normalized spacial score (nSPS) is 15.1. The molecule has 0 saturated heterocycles. The second-order valence-corrected chi connectivity index (χ2v) is 5.69. The van der Waals surface area contributed by atoms with Gasteiger partial charge in [0.25, 0.3) is 5.91 Å². The number of ether oxygens (including phenoxy) is 2. The molecule has 0 atom stereocenters. The highest BCUT2D eigenvalue weighted by Crippen LogP contribution is 2.27. The van der Waals surface area contributed by atoms with Crippen molar-refractivity contribution < 1.29 is 18.7 Å². The van der Waals surface area contributed by atoms with E-state index < -0.39 is 0 Å². The van der Waals surface area contributed by atoms with Crippen LogP contribution in [-0.2, 0) is 4.79 Å². The van der Waals surface area contributed by atoms with Gasteiger partial charge in [0.05, 0.1) is 19.1 Å². The molecule has 134 valence electrons. The number of benzene rings is 2. The summed E-state index contributed by atoms with van der Waals surface area (Å²) in [6.45, 7) is 0. The largest absolute Gasteiger partial charge is 0.497 e. The third kappa shape index (κ3) is 3.46. The first-order valence-electron chi connectivity index (χ1n) is 8.30. The molecule has 0 N–H and O–H groups in total. The third-order valence-corrected chi connectivity index (χ3v) is 3.93. The second-order valence-electron chi connectivity index (χ2n) is 5.69. The molecule has 1 aromatic heterocycles. The van der Waals surface area contributed by atoms with E-state index in [0.29, 0.717) is 22.9 Å². The number of nitrogens with zero attached hydrogens (tertiary/aromatic N) is 2. The van der Waals surface area contributed by atoms with E-state index in [1.807, 2.05) is 30.3 Å². The summed E-state index contributed by atoms with van der Waals surface area (Å²) < 4.78 is 16.3. The Bertz CT molecular complexity index is 990. The van der Waals surface area contributed by atoms with E-state index in [0.717, 1.165) is 0 Å². The predicted octanol–water partition coefficient (Wildman–Crippen LogP) is 4.11. The molecule has 2 aromatic carbocycles.